The molecule has 2 aromatic heterocycles. The van der Waals surface area contributed by atoms with Crippen molar-refractivity contribution in [2.75, 3.05) is 38.1 Å². The van der Waals surface area contributed by atoms with Gasteiger partial charge in [0, 0.05) is 50.8 Å². The van der Waals surface area contributed by atoms with Crippen LogP contribution in [0.25, 0.3) is 0 Å². The van der Waals surface area contributed by atoms with Crippen LogP contribution in [0, 0.1) is 6.92 Å². The Hall–Kier alpha value is -2.34. The summed E-state index contributed by atoms with van der Waals surface area (Å²) in [6.45, 7) is 6.48. The molecule has 1 fully saturated rings. The van der Waals surface area contributed by atoms with Crippen molar-refractivity contribution in [2.45, 2.75) is 13.5 Å². The van der Waals surface area contributed by atoms with Gasteiger partial charge in [-0.25, -0.2) is 4.98 Å². The maximum atomic E-state index is 12.2. The fourth-order valence-corrected chi connectivity index (χ4v) is 2.76. The number of piperazine rings is 1. The molecule has 1 amide bonds. The Labute approximate surface area is 136 Å². The summed E-state index contributed by atoms with van der Waals surface area (Å²) in [6.07, 6.45) is 3.60. The van der Waals surface area contributed by atoms with E-state index in [9.17, 15) is 4.79 Å². The van der Waals surface area contributed by atoms with Gasteiger partial charge in [0.05, 0.1) is 5.56 Å². The Morgan fingerprint density at radius 3 is 2.78 bits per heavy atom. The first-order chi connectivity index (χ1) is 11.1. The molecule has 0 unspecified atom stereocenters. The van der Waals surface area contributed by atoms with Gasteiger partial charge in [0.15, 0.2) is 0 Å². The lowest BCUT2D eigenvalue weighted by molar-refractivity contribution is 0.0950. The molecule has 6 nitrogen and oxygen atoms in total. The lowest BCUT2D eigenvalue weighted by Gasteiger charge is -2.33. The quantitative estimate of drug-likeness (QED) is 0.895. The molecule has 1 aliphatic rings. The number of aryl methyl sites for hydroxylation is 1. The van der Waals surface area contributed by atoms with Crippen LogP contribution in [0.3, 0.4) is 0 Å². The van der Waals surface area contributed by atoms with Crippen LogP contribution in [-0.2, 0) is 6.54 Å². The molecule has 2 N–H and O–H groups in total. The van der Waals surface area contributed by atoms with Crippen molar-refractivity contribution >= 4 is 11.7 Å². The first-order valence-electron chi connectivity index (χ1n) is 7.94. The van der Waals surface area contributed by atoms with E-state index in [2.05, 4.69) is 38.2 Å². The number of carbonyl (C=O) groups excluding carboxylic acids is 1. The summed E-state index contributed by atoms with van der Waals surface area (Å²) in [4.78, 5) is 24.3. The average Bonchev–Trinajstić information content (AvgIpc) is 3.00. The first kappa shape index (κ1) is 15.6. The van der Waals surface area contributed by atoms with Crippen LogP contribution in [0.15, 0.2) is 30.6 Å². The molecule has 0 bridgehead atoms. The zero-order valence-corrected chi connectivity index (χ0v) is 13.7. The Kier molecular flexibility index (Phi) is 4.62. The topological polar surface area (TPSA) is 64.3 Å². The Balaban J connectivity index is 1.62. The summed E-state index contributed by atoms with van der Waals surface area (Å²) in [7, 11) is 2.14. The average molecular weight is 313 g/mol. The molecule has 3 rings (SSSR count). The summed E-state index contributed by atoms with van der Waals surface area (Å²) in [5, 5.41) is 2.97. The molecule has 23 heavy (non-hydrogen) atoms. The van der Waals surface area contributed by atoms with Crippen molar-refractivity contribution in [3.63, 3.8) is 0 Å². The smallest absolute Gasteiger partial charge is 0.253 e. The highest BCUT2D eigenvalue weighted by molar-refractivity contribution is 5.95. The van der Waals surface area contributed by atoms with Gasteiger partial charge in [-0.3, -0.25) is 4.79 Å². The van der Waals surface area contributed by atoms with Gasteiger partial charge in [-0.05, 0) is 37.7 Å². The fraction of sp³-hybridized carbons (Fsp3) is 0.412. The van der Waals surface area contributed by atoms with Gasteiger partial charge < -0.3 is 20.1 Å². The van der Waals surface area contributed by atoms with Crippen LogP contribution in [0.1, 0.15) is 21.6 Å². The van der Waals surface area contributed by atoms with Crippen LogP contribution in [-0.4, -0.2) is 54.0 Å². The molecule has 0 aromatic carbocycles. The van der Waals surface area contributed by atoms with Crippen LogP contribution < -0.4 is 10.2 Å². The molecule has 3 heterocycles. The Morgan fingerprint density at radius 1 is 1.30 bits per heavy atom. The lowest BCUT2D eigenvalue weighted by Crippen LogP contribution is -2.44. The Morgan fingerprint density at radius 2 is 2.09 bits per heavy atom. The van der Waals surface area contributed by atoms with E-state index in [1.165, 1.54) is 0 Å². The summed E-state index contributed by atoms with van der Waals surface area (Å²) >= 11 is 0. The van der Waals surface area contributed by atoms with Gasteiger partial charge in [0.2, 0.25) is 0 Å². The van der Waals surface area contributed by atoms with E-state index in [1.807, 2.05) is 19.2 Å². The third-order valence-electron chi connectivity index (χ3n) is 4.29. The van der Waals surface area contributed by atoms with Crippen LogP contribution in [0.2, 0.25) is 0 Å². The molecular weight excluding hydrogens is 290 g/mol. The highest BCUT2D eigenvalue weighted by Gasteiger charge is 2.15. The summed E-state index contributed by atoms with van der Waals surface area (Å²) < 4.78 is 0. The number of carbonyl (C=O) groups is 1. The number of pyridine rings is 1. The predicted molar refractivity (Wildman–Crippen MR) is 90.6 cm³/mol. The van der Waals surface area contributed by atoms with E-state index in [0.717, 1.165) is 43.3 Å². The minimum atomic E-state index is -0.0540. The summed E-state index contributed by atoms with van der Waals surface area (Å²) in [6, 6.07) is 5.81. The molecule has 122 valence electrons. The van der Waals surface area contributed by atoms with Crippen LogP contribution in [0.4, 0.5) is 5.82 Å². The molecule has 0 aliphatic carbocycles. The van der Waals surface area contributed by atoms with E-state index in [1.54, 1.807) is 12.3 Å². The Bertz CT molecular complexity index is 673. The van der Waals surface area contributed by atoms with Crippen molar-refractivity contribution in [3.05, 3.63) is 47.4 Å². The van der Waals surface area contributed by atoms with E-state index < -0.39 is 0 Å². The van der Waals surface area contributed by atoms with Crippen molar-refractivity contribution in [1.29, 1.82) is 0 Å². The van der Waals surface area contributed by atoms with Gasteiger partial charge in [-0.15, -0.1) is 0 Å². The van der Waals surface area contributed by atoms with Crippen molar-refractivity contribution in [3.8, 4) is 0 Å². The number of aromatic amines is 1. The maximum Gasteiger partial charge on any atom is 0.253 e. The van der Waals surface area contributed by atoms with Crippen molar-refractivity contribution in [1.82, 2.24) is 20.2 Å². The van der Waals surface area contributed by atoms with E-state index in [0.29, 0.717) is 12.1 Å². The highest BCUT2D eigenvalue weighted by atomic mass is 16.1. The first-order valence-corrected chi connectivity index (χ1v) is 7.94. The van der Waals surface area contributed by atoms with Gasteiger partial charge in [-0.2, -0.15) is 0 Å². The summed E-state index contributed by atoms with van der Waals surface area (Å²) in [5.41, 5.74) is 2.64. The van der Waals surface area contributed by atoms with Crippen molar-refractivity contribution < 1.29 is 4.79 Å². The normalized spacial score (nSPS) is 15.7. The highest BCUT2D eigenvalue weighted by Crippen LogP contribution is 2.15. The number of amides is 1. The standard InChI is InChI=1S/C17H23N5O/c1-13-15(4-6-18-13)17(23)20-12-14-3-5-19-16(11-14)22-9-7-21(2)8-10-22/h3-6,11,18H,7-10,12H2,1-2H3,(H,20,23). The second kappa shape index (κ2) is 6.83. The largest absolute Gasteiger partial charge is 0.365 e. The molecular formula is C17H23N5O. The van der Waals surface area contributed by atoms with Gasteiger partial charge in [0.1, 0.15) is 5.82 Å². The van der Waals surface area contributed by atoms with Gasteiger partial charge >= 0.3 is 0 Å². The zero-order valence-electron chi connectivity index (χ0n) is 13.7. The van der Waals surface area contributed by atoms with Gasteiger partial charge in [-0.1, -0.05) is 0 Å². The number of rotatable bonds is 4. The lowest BCUT2D eigenvalue weighted by atomic mass is 10.2. The molecule has 6 heteroatoms. The van der Waals surface area contributed by atoms with Crippen LogP contribution >= 0.6 is 0 Å². The molecule has 0 saturated carbocycles. The van der Waals surface area contributed by atoms with E-state index in [4.69, 9.17) is 0 Å². The second-order valence-electron chi connectivity index (χ2n) is 6.01. The minimum absolute atomic E-state index is 0.0540. The van der Waals surface area contributed by atoms with E-state index in [-0.39, 0.29) is 5.91 Å². The number of hydrogen-bond acceptors (Lipinski definition) is 4. The number of anilines is 1. The number of H-pyrrole nitrogens is 1. The number of nitrogens with zero attached hydrogens (tertiary/aromatic N) is 3. The number of hydrogen-bond donors (Lipinski definition) is 2. The van der Waals surface area contributed by atoms with Crippen LogP contribution in [0.5, 0.6) is 0 Å². The maximum absolute atomic E-state index is 12.2. The monoisotopic (exact) mass is 313 g/mol. The third-order valence-corrected chi connectivity index (χ3v) is 4.29. The predicted octanol–water partition coefficient (Wildman–Crippen LogP) is 1.40. The molecule has 1 saturated heterocycles. The number of nitrogens with one attached hydrogen (secondary N) is 2. The SMILES string of the molecule is Cc1[nH]ccc1C(=O)NCc1ccnc(N2CCN(C)CC2)c1. The summed E-state index contributed by atoms with van der Waals surface area (Å²) in [5.74, 6) is 0.935. The van der Waals surface area contributed by atoms with E-state index >= 15 is 0 Å². The molecule has 0 radical (unpaired) electrons. The fourth-order valence-electron chi connectivity index (χ4n) is 2.76. The molecule has 1 aliphatic heterocycles. The number of aromatic nitrogens is 2. The number of likely N-dealkylation sites (N-methyl/N-ethyl adjacent to an activating group) is 1. The van der Waals surface area contributed by atoms with Gasteiger partial charge in [0.25, 0.3) is 5.91 Å². The molecule has 0 atom stereocenters. The second-order valence-corrected chi connectivity index (χ2v) is 6.01. The van der Waals surface area contributed by atoms with Crippen molar-refractivity contribution in [2.24, 2.45) is 0 Å². The zero-order chi connectivity index (χ0) is 16.2. The molecule has 0 spiro atoms. The molecule has 2 aromatic rings. The minimum Gasteiger partial charge on any atom is -0.365 e. The third kappa shape index (κ3) is 3.71.